The summed E-state index contributed by atoms with van der Waals surface area (Å²) in [5, 5.41) is 16.7. The third-order valence-electron chi connectivity index (χ3n) is 7.66. The summed E-state index contributed by atoms with van der Waals surface area (Å²) in [6.45, 7) is 2.30. The number of esters is 1. The van der Waals surface area contributed by atoms with Gasteiger partial charge < -0.3 is 9.84 Å². The van der Waals surface area contributed by atoms with Crippen molar-refractivity contribution in [3.63, 3.8) is 0 Å². The largest absolute Gasteiger partial charge is 0.461 e. The van der Waals surface area contributed by atoms with Gasteiger partial charge in [0.2, 0.25) is 0 Å². The molecule has 1 atom stereocenters. The average Bonchev–Trinajstić information content (AvgIpc) is 3.58. The lowest BCUT2D eigenvalue weighted by atomic mass is 9.76. The Morgan fingerprint density at radius 2 is 1.54 bits per heavy atom. The molecular weight excluding hydrogens is 488 g/mol. The lowest BCUT2D eigenvalue weighted by Gasteiger charge is -2.44. The van der Waals surface area contributed by atoms with Crippen LogP contribution in [0.1, 0.15) is 51.8 Å². The molecule has 0 saturated carbocycles. The SMILES string of the molecule is CCOC(=O)c1nn(CCO)c2c1CCC1NN(C(c3ccccc3)(c3ccccc3)c3ccccc3)C=C21. The first-order valence-corrected chi connectivity index (χ1v) is 13.5. The fraction of sp³-hybridized carbons (Fsp3) is 0.250. The highest BCUT2D eigenvalue weighted by Crippen LogP contribution is 2.46. The number of carbonyl (C=O) groups excluding carboxylic acids is 1. The molecule has 0 fully saturated rings. The Morgan fingerprint density at radius 3 is 2.05 bits per heavy atom. The van der Waals surface area contributed by atoms with Gasteiger partial charge in [0.25, 0.3) is 0 Å². The summed E-state index contributed by atoms with van der Waals surface area (Å²) in [6, 6.07) is 31.6. The summed E-state index contributed by atoms with van der Waals surface area (Å²) in [5.74, 6) is -0.417. The van der Waals surface area contributed by atoms with E-state index in [1.165, 1.54) is 0 Å². The highest BCUT2D eigenvalue weighted by atomic mass is 16.5. The third kappa shape index (κ3) is 4.15. The van der Waals surface area contributed by atoms with Crippen LogP contribution in [0.2, 0.25) is 0 Å². The number of ether oxygens (including phenoxy) is 1. The standard InChI is InChI=1S/C32H32N4O3/c1-2-39-31(38)29-26-18-19-28-27(30(26)35(34-29)20-21-37)22-36(33-28)32(23-12-6-3-7-13-23,24-14-8-4-9-15-24)25-16-10-5-11-17-25/h3-17,22,28,33,37H,2,18-21H2,1H3. The van der Waals surface area contributed by atoms with E-state index in [0.717, 1.165) is 39.9 Å². The van der Waals surface area contributed by atoms with Crippen LogP contribution in [0.5, 0.6) is 0 Å². The first-order valence-electron chi connectivity index (χ1n) is 13.5. The molecule has 1 aliphatic heterocycles. The minimum Gasteiger partial charge on any atom is -0.461 e. The summed E-state index contributed by atoms with van der Waals surface area (Å²) in [6.07, 6.45) is 3.66. The smallest absolute Gasteiger partial charge is 0.359 e. The zero-order chi connectivity index (χ0) is 26.8. The molecule has 2 aliphatic rings. The van der Waals surface area contributed by atoms with E-state index >= 15 is 0 Å². The van der Waals surface area contributed by atoms with Gasteiger partial charge in [0, 0.05) is 17.3 Å². The third-order valence-corrected chi connectivity index (χ3v) is 7.66. The van der Waals surface area contributed by atoms with Crippen molar-refractivity contribution in [2.75, 3.05) is 13.2 Å². The number of nitrogens with zero attached hydrogens (tertiary/aromatic N) is 3. The second-order valence-electron chi connectivity index (χ2n) is 9.83. The summed E-state index contributed by atoms with van der Waals surface area (Å²) in [5.41, 5.74) is 9.72. The molecule has 0 spiro atoms. The second kappa shape index (κ2) is 10.5. The van der Waals surface area contributed by atoms with E-state index in [0.29, 0.717) is 18.7 Å². The maximum atomic E-state index is 12.8. The molecule has 0 saturated heterocycles. The minimum atomic E-state index is -0.667. The van der Waals surface area contributed by atoms with E-state index in [1.54, 1.807) is 11.6 Å². The van der Waals surface area contributed by atoms with E-state index in [2.05, 4.69) is 94.5 Å². The van der Waals surface area contributed by atoms with Gasteiger partial charge in [-0.05, 0) is 36.5 Å². The molecule has 1 aliphatic carbocycles. The van der Waals surface area contributed by atoms with E-state index in [1.807, 2.05) is 18.2 Å². The number of hydrogen-bond acceptors (Lipinski definition) is 6. The van der Waals surface area contributed by atoms with Gasteiger partial charge in [-0.2, -0.15) is 5.10 Å². The van der Waals surface area contributed by atoms with Crippen molar-refractivity contribution in [2.24, 2.45) is 0 Å². The molecule has 6 rings (SSSR count). The van der Waals surface area contributed by atoms with Crippen LogP contribution in [0.3, 0.4) is 0 Å². The monoisotopic (exact) mass is 520 g/mol. The molecule has 4 aromatic rings. The number of rotatable bonds is 8. The maximum Gasteiger partial charge on any atom is 0.359 e. The quantitative estimate of drug-likeness (QED) is 0.263. The molecule has 0 bridgehead atoms. The van der Waals surface area contributed by atoms with Gasteiger partial charge in [-0.3, -0.25) is 9.69 Å². The Balaban J connectivity index is 1.57. The predicted molar refractivity (Wildman–Crippen MR) is 150 cm³/mol. The van der Waals surface area contributed by atoms with Crippen LogP contribution in [-0.4, -0.2) is 45.1 Å². The lowest BCUT2D eigenvalue weighted by Crippen LogP contribution is -2.52. The molecule has 1 unspecified atom stereocenters. The minimum absolute atomic E-state index is 0.0252. The fourth-order valence-electron chi connectivity index (χ4n) is 6.07. The number of nitrogens with one attached hydrogen (secondary N) is 1. The first kappa shape index (κ1) is 25.1. The Kier molecular flexibility index (Phi) is 6.77. The normalized spacial score (nSPS) is 16.4. The number of aliphatic hydroxyl groups is 1. The van der Waals surface area contributed by atoms with E-state index < -0.39 is 11.5 Å². The Hall–Kier alpha value is -4.20. The molecule has 198 valence electrons. The molecule has 39 heavy (non-hydrogen) atoms. The topological polar surface area (TPSA) is 79.6 Å². The highest BCUT2D eigenvalue weighted by molar-refractivity contribution is 5.91. The van der Waals surface area contributed by atoms with Crippen molar-refractivity contribution in [1.29, 1.82) is 0 Å². The van der Waals surface area contributed by atoms with Gasteiger partial charge in [0.1, 0.15) is 5.54 Å². The summed E-state index contributed by atoms with van der Waals surface area (Å²) in [7, 11) is 0. The molecule has 7 nitrogen and oxygen atoms in total. The van der Waals surface area contributed by atoms with Gasteiger partial charge in [0.15, 0.2) is 5.69 Å². The maximum absolute atomic E-state index is 12.8. The Morgan fingerprint density at radius 1 is 0.974 bits per heavy atom. The van der Waals surface area contributed by atoms with Crippen molar-refractivity contribution in [1.82, 2.24) is 20.2 Å². The van der Waals surface area contributed by atoms with Gasteiger partial charge in [-0.25, -0.2) is 10.2 Å². The van der Waals surface area contributed by atoms with Crippen LogP contribution >= 0.6 is 0 Å². The van der Waals surface area contributed by atoms with Gasteiger partial charge in [-0.15, -0.1) is 0 Å². The van der Waals surface area contributed by atoms with Crippen molar-refractivity contribution in [3.8, 4) is 0 Å². The molecule has 2 N–H and O–H groups in total. The van der Waals surface area contributed by atoms with Crippen LogP contribution < -0.4 is 5.43 Å². The first-order chi connectivity index (χ1) is 19.2. The average molecular weight is 521 g/mol. The fourth-order valence-corrected chi connectivity index (χ4v) is 6.07. The van der Waals surface area contributed by atoms with Crippen molar-refractivity contribution in [2.45, 2.75) is 37.9 Å². The highest BCUT2D eigenvalue weighted by Gasteiger charge is 2.47. The van der Waals surface area contributed by atoms with Crippen molar-refractivity contribution >= 4 is 11.5 Å². The predicted octanol–water partition coefficient (Wildman–Crippen LogP) is 4.52. The van der Waals surface area contributed by atoms with Gasteiger partial charge >= 0.3 is 5.97 Å². The van der Waals surface area contributed by atoms with Crippen molar-refractivity contribution < 1.29 is 14.6 Å². The number of hydrogen-bond donors (Lipinski definition) is 2. The number of aromatic nitrogens is 2. The molecule has 7 heteroatoms. The number of hydrazine groups is 1. The molecule has 3 aromatic carbocycles. The number of fused-ring (bicyclic) bond motifs is 3. The van der Waals surface area contributed by atoms with Crippen molar-refractivity contribution in [3.05, 3.63) is 131 Å². The number of carbonyl (C=O) groups is 1. The molecule has 0 amide bonds. The summed E-state index contributed by atoms with van der Waals surface area (Å²) in [4.78, 5) is 12.8. The number of benzene rings is 3. The molecular formula is C32H32N4O3. The van der Waals surface area contributed by atoms with Crippen LogP contribution in [0.15, 0.2) is 97.2 Å². The van der Waals surface area contributed by atoms with E-state index in [9.17, 15) is 9.90 Å². The van der Waals surface area contributed by atoms with Crippen LogP contribution in [0.4, 0.5) is 0 Å². The van der Waals surface area contributed by atoms with E-state index in [-0.39, 0.29) is 19.3 Å². The van der Waals surface area contributed by atoms with Crippen LogP contribution in [0.25, 0.3) is 5.57 Å². The van der Waals surface area contributed by atoms with E-state index in [4.69, 9.17) is 4.74 Å². The number of aliphatic hydroxyl groups excluding tert-OH is 1. The molecule has 1 aromatic heterocycles. The van der Waals surface area contributed by atoms with Gasteiger partial charge in [-0.1, -0.05) is 91.0 Å². The summed E-state index contributed by atoms with van der Waals surface area (Å²) >= 11 is 0. The zero-order valence-corrected chi connectivity index (χ0v) is 22.0. The lowest BCUT2D eigenvalue weighted by molar-refractivity contribution is 0.0516. The Labute approximate surface area is 228 Å². The van der Waals surface area contributed by atoms with Gasteiger partial charge in [0.05, 0.1) is 31.5 Å². The second-order valence-corrected chi connectivity index (χ2v) is 9.83. The molecule has 0 radical (unpaired) electrons. The van der Waals surface area contributed by atoms with Crippen LogP contribution in [-0.2, 0) is 23.2 Å². The Bertz CT molecular complexity index is 1390. The molecule has 2 heterocycles. The zero-order valence-electron chi connectivity index (χ0n) is 22.0. The van der Waals surface area contributed by atoms with Crippen LogP contribution in [0, 0.1) is 0 Å². The summed E-state index contributed by atoms with van der Waals surface area (Å²) < 4.78 is 7.09.